The van der Waals surface area contributed by atoms with Crippen molar-refractivity contribution in [2.24, 2.45) is 0 Å². The number of ether oxygens (including phenoxy) is 1. The van der Waals surface area contributed by atoms with Crippen molar-refractivity contribution in [2.45, 2.75) is 19.4 Å². The normalized spacial score (nSPS) is 11.6. The molecule has 1 unspecified atom stereocenters. The van der Waals surface area contributed by atoms with Gasteiger partial charge in [-0.25, -0.2) is 4.79 Å². The van der Waals surface area contributed by atoms with Crippen LogP contribution in [-0.2, 0) is 16.0 Å². The first-order valence-corrected chi connectivity index (χ1v) is 9.89. The van der Waals surface area contributed by atoms with Crippen LogP contribution in [0.4, 0.5) is 0 Å². The SMILES string of the molecule is CC(=O)NC(Cc1cccc(Oc2ccc(Cl)c(Cl)c2)c1)C(=O)O.c1cc2cc-2c1. The van der Waals surface area contributed by atoms with Gasteiger partial charge >= 0.3 is 5.97 Å². The van der Waals surface area contributed by atoms with Gasteiger partial charge in [-0.3, -0.25) is 4.79 Å². The number of amides is 1. The van der Waals surface area contributed by atoms with Crippen LogP contribution in [0.25, 0.3) is 11.1 Å². The molecule has 2 aromatic carbocycles. The average Bonchev–Trinajstić information content (AvgIpc) is 3.29. The first-order valence-electron chi connectivity index (χ1n) is 9.14. The summed E-state index contributed by atoms with van der Waals surface area (Å²) in [6.07, 6.45) is 0.146. The van der Waals surface area contributed by atoms with Gasteiger partial charge in [-0.05, 0) is 47.0 Å². The summed E-state index contributed by atoms with van der Waals surface area (Å²) >= 11 is 11.8. The van der Waals surface area contributed by atoms with Crippen molar-refractivity contribution in [3.05, 3.63) is 82.3 Å². The van der Waals surface area contributed by atoms with Crippen molar-refractivity contribution in [1.29, 1.82) is 0 Å². The molecular formula is C23H19Cl2NO4. The molecule has 5 nitrogen and oxygen atoms in total. The fourth-order valence-electron chi connectivity index (χ4n) is 2.77. The number of carbonyl (C=O) groups excluding carboxylic acids is 1. The third kappa shape index (κ3) is 6.24. The summed E-state index contributed by atoms with van der Waals surface area (Å²) in [5.41, 5.74) is 3.57. The van der Waals surface area contributed by atoms with Crippen LogP contribution in [0.15, 0.2) is 66.7 Å². The van der Waals surface area contributed by atoms with Crippen molar-refractivity contribution in [3.8, 4) is 22.6 Å². The minimum Gasteiger partial charge on any atom is -0.480 e. The van der Waals surface area contributed by atoms with Crippen LogP contribution < -0.4 is 10.1 Å². The van der Waals surface area contributed by atoms with Crippen molar-refractivity contribution < 1.29 is 19.4 Å². The van der Waals surface area contributed by atoms with Crippen molar-refractivity contribution in [2.75, 3.05) is 0 Å². The first kappa shape index (κ1) is 21.7. The Balaban J connectivity index is 0.000000357. The van der Waals surface area contributed by atoms with E-state index in [0.29, 0.717) is 27.1 Å². The van der Waals surface area contributed by atoms with Crippen molar-refractivity contribution in [1.82, 2.24) is 5.32 Å². The third-order valence-corrected chi connectivity index (χ3v) is 4.99. The summed E-state index contributed by atoms with van der Waals surface area (Å²) in [6, 6.07) is 19.3. The molecule has 0 saturated carbocycles. The monoisotopic (exact) mass is 443 g/mol. The predicted octanol–water partition coefficient (Wildman–Crippen LogP) is 5.58. The molecule has 2 N–H and O–H groups in total. The van der Waals surface area contributed by atoms with Gasteiger partial charge in [0.2, 0.25) is 5.91 Å². The van der Waals surface area contributed by atoms with E-state index < -0.39 is 17.9 Å². The number of rotatable bonds is 6. The predicted molar refractivity (Wildman–Crippen MR) is 117 cm³/mol. The summed E-state index contributed by atoms with van der Waals surface area (Å²) in [5, 5.41) is 12.4. The summed E-state index contributed by atoms with van der Waals surface area (Å²) in [4.78, 5) is 22.3. The first-order chi connectivity index (χ1) is 14.3. The van der Waals surface area contributed by atoms with E-state index in [1.807, 2.05) is 0 Å². The van der Waals surface area contributed by atoms with E-state index in [9.17, 15) is 14.7 Å². The molecule has 0 bridgehead atoms. The molecule has 0 aromatic heterocycles. The van der Waals surface area contributed by atoms with Gasteiger partial charge in [0.25, 0.3) is 0 Å². The second-order valence-corrected chi connectivity index (χ2v) is 7.52. The van der Waals surface area contributed by atoms with Crippen LogP contribution in [0.2, 0.25) is 10.0 Å². The summed E-state index contributed by atoms with van der Waals surface area (Å²) in [5.74, 6) is -0.456. The minimum absolute atomic E-state index is 0.146. The van der Waals surface area contributed by atoms with Gasteiger partial charge in [0.05, 0.1) is 10.0 Å². The summed E-state index contributed by atoms with van der Waals surface area (Å²) in [6.45, 7) is 1.28. The molecule has 0 fully saturated rings. The second kappa shape index (κ2) is 9.65. The van der Waals surface area contributed by atoms with Crippen LogP contribution in [-0.4, -0.2) is 23.0 Å². The Bertz CT molecular complexity index is 1070. The Labute approximate surface area is 184 Å². The van der Waals surface area contributed by atoms with Gasteiger partial charge < -0.3 is 15.2 Å². The van der Waals surface area contributed by atoms with Crippen LogP contribution in [0.5, 0.6) is 11.5 Å². The smallest absolute Gasteiger partial charge is 0.326 e. The van der Waals surface area contributed by atoms with E-state index >= 15 is 0 Å². The number of carboxylic acids is 1. The van der Waals surface area contributed by atoms with Gasteiger partial charge in [0.1, 0.15) is 17.5 Å². The lowest BCUT2D eigenvalue weighted by Crippen LogP contribution is -2.41. The Morgan fingerprint density at radius 1 is 0.933 bits per heavy atom. The highest BCUT2D eigenvalue weighted by molar-refractivity contribution is 6.42. The molecular weight excluding hydrogens is 425 g/mol. The van der Waals surface area contributed by atoms with Crippen LogP contribution >= 0.6 is 23.2 Å². The van der Waals surface area contributed by atoms with Crippen LogP contribution in [0.3, 0.4) is 0 Å². The number of nitrogens with one attached hydrogen (secondary N) is 1. The molecule has 4 rings (SSSR count). The Morgan fingerprint density at radius 2 is 1.60 bits per heavy atom. The Kier molecular flexibility index (Phi) is 6.98. The van der Waals surface area contributed by atoms with E-state index in [4.69, 9.17) is 27.9 Å². The lowest BCUT2D eigenvalue weighted by atomic mass is 10.1. The number of carboxylic acid groups (broad SMARTS) is 1. The Hall–Kier alpha value is -3.02. The highest BCUT2D eigenvalue weighted by Crippen LogP contribution is 2.32. The molecule has 0 spiro atoms. The molecule has 0 saturated heterocycles. The fraction of sp³-hybridized carbons (Fsp3) is 0.130. The molecule has 2 aromatic rings. The summed E-state index contributed by atoms with van der Waals surface area (Å²) < 4.78 is 5.70. The topological polar surface area (TPSA) is 75.6 Å². The van der Waals surface area contributed by atoms with Crippen molar-refractivity contribution >= 4 is 35.1 Å². The number of fused-ring (bicyclic) bond motifs is 1. The van der Waals surface area contributed by atoms with Gasteiger partial charge in [-0.1, -0.05) is 53.5 Å². The molecule has 154 valence electrons. The van der Waals surface area contributed by atoms with Crippen LogP contribution in [0, 0.1) is 0 Å². The van der Waals surface area contributed by atoms with Gasteiger partial charge in [-0.2, -0.15) is 0 Å². The largest absolute Gasteiger partial charge is 0.480 e. The molecule has 0 heterocycles. The standard InChI is InChI=1S/C17H15Cl2NO4.C6H4/c1-10(21)20-16(17(22)23)8-11-3-2-4-12(7-11)24-13-5-6-14(18)15(19)9-13;1-2-5-4-6(5)3-1/h2-7,9,16H,8H2,1H3,(H,20,21)(H,22,23);1-4H. The molecule has 7 heteroatoms. The van der Waals surface area contributed by atoms with E-state index in [0.717, 1.165) is 0 Å². The molecule has 1 atom stereocenters. The number of hydrogen-bond acceptors (Lipinski definition) is 3. The molecule has 30 heavy (non-hydrogen) atoms. The Morgan fingerprint density at radius 3 is 2.13 bits per heavy atom. The van der Waals surface area contributed by atoms with E-state index in [2.05, 4.69) is 29.6 Å². The highest BCUT2D eigenvalue weighted by atomic mass is 35.5. The maximum absolute atomic E-state index is 11.2. The third-order valence-electron chi connectivity index (χ3n) is 4.25. The van der Waals surface area contributed by atoms with E-state index in [1.165, 1.54) is 18.1 Å². The number of aliphatic carboxylic acids is 1. The highest BCUT2D eigenvalue weighted by Gasteiger charge is 2.19. The lowest BCUT2D eigenvalue weighted by molar-refractivity contribution is -0.141. The fourth-order valence-corrected chi connectivity index (χ4v) is 3.06. The average molecular weight is 444 g/mol. The molecule has 1 amide bonds. The molecule has 2 aliphatic carbocycles. The zero-order valence-corrected chi connectivity index (χ0v) is 17.6. The molecule has 2 aliphatic rings. The summed E-state index contributed by atoms with van der Waals surface area (Å²) in [7, 11) is 0. The van der Waals surface area contributed by atoms with Crippen LogP contribution in [0.1, 0.15) is 12.5 Å². The lowest BCUT2D eigenvalue weighted by Gasteiger charge is -2.14. The van der Waals surface area contributed by atoms with Crippen molar-refractivity contribution in [3.63, 3.8) is 0 Å². The quantitative estimate of drug-likeness (QED) is 0.407. The maximum Gasteiger partial charge on any atom is 0.326 e. The van der Waals surface area contributed by atoms with E-state index in [-0.39, 0.29) is 6.42 Å². The van der Waals surface area contributed by atoms with E-state index in [1.54, 1.807) is 42.5 Å². The van der Waals surface area contributed by atoms with Gasteiger partial charge in [-0.15, -0.1) is 0 Å². The number of halogens is 2. The van der Waals surface area contributed by atoms with Gasteiger partial charge in [0, 0.05) is 19.4 Å². The number of carbonyl (C=O) groups is 2. The minimum atomic E-state index is -1.10. The zero-order chi connectivity index (χ0) is 21.7. The maximum atomic E-state index is 11.2. The molecule has 0 aliphatic heterocycles. The second-order valence-electron chi connectivity index (χ2n) is 6.70. The molecule has 0 radical (unpaired) electrons. The zero-order valence-electron chi connectivity index (χ0n) is 16.1. The number of benzene rings is 3. The number of hydrogen-bond donors (Lipinski definition) is 2. The van der Waals surface area contributed by atoms with Gasteiger partial charge in [0.15, 0.2) is 0 Å².